The van der Waals surface area contributed by atoms with Crippen molar-refractivity contribution in [1.29, 1.82) is 0 Å². The van der Waals surface area contributed by atoms with Gasteiger partial charge in [0, 0.05) is 18.2 Å². The first kappa shape index (κ1) is 14.1. The number of halogens is 1. The number of aromatic hydroxyl groups is 1. The van der Waals surface area contributed by atoms with E-state index in [1.54, 1.807) is 37.3 Å². The standard InChI is InChI=1S/C14H13ClN2O3/c1-9-5-6-12(13(7-9)17(19)20)16-8-10-3-2-4-11(15)14(10)18/h2-7,16,18H,8H2,1H3. The highest BCUT2D eigenvalue weighted by Crippen LogP contribution is 2.29. The summed E-state index contributed by atoms with van der Waals surface area (Å²) in [6.45, 7) is 2.04. The van der Waals surface area contributed by atoms with Gasteiger partial charge in [0.1, 0.15) is 11.4 Å². The minimum atomic E-state index is -0.437. The van der Waals surface area contributed by atoms with Gasteiger partial charge in [-0.25, -0.2) is 0 Å². The first-order valence-corrected chi connectivity index (χ1v) is 6.32. The largest absolute Gasteiger partial charge is 0.506 e. The van der Waals surface area contributed by atoms with Crippen molar-refractivity contribution in [2.24, 2.45) is 0 Å². The average molecular weight is 293 g/mol. The first-order valence-electron chi connectivity index (χ1n) is 5.94. The second-order valence-electron chi connectivity index (χ2n) is 4.38. The van der Waals surface area contributed by atoms with Crippen LogP contribution < -0.4 is 5.32 Å². The Morgan fingerprint density at radius 2 is 2.10 bits per heavy atom. The normalized spacial score (nSPS) is 10.3. The molecule has 0 aliphatic heterocycles. The molecule has 0 amide bonds. The molecule has 0 aliphatic rings. The molecule has 104 valence electrons. The summed E-state index contributed by atoms with van der Waals surface area (Å²) < 4.78 is 0. The number of para-hydroxylation sites is 1. The Kier molecular flexibility index (Phi) is 4.10. The van der Waals surface area contributed by atoms with E-state index >= 15 is 0 Å². The molecular formula is C14H13ClN2O3. The van der Waals surface area contributed by atoms with E-state index < -0.39 is 4.92 Å². The number of hydrogen-bond donors (Lipinski definition) is 2. The number of aryl methyl sites for hydroxylation is 1. The van der Waals surface area contributed by atoms with Crippen molar-refractivity contribution in [1.82, 2.24) is 0 Å². The van der Waals surface area contributed by atoms with Crippen LogP contribution in [0.5, 0.6) is 5.75 Å². The number of benzene rings is 2. The van der Waals surface area contributed by atoms with E-state index in [0.717, 1.165) is 5.56 Å². The second-order valence-corrected chi connectivity index (χ2v) is 4.79. The van der Waals surface area contributed by atoms with Crippen LogP contribution in [-0.4, -0.2) is 10.0 Å². The van der Waals surface area contributed by atoms with Gasteiger partial charge >= 0.3 is 0 Å². The molecule has 2 rings (SSSR count). The number of rotatable bonds is 4. The topological polar surface area (TPSA) is 75.4 Å². The number of hydrogen-bond acceptors (Lipinski definition) is 4. The molecule has 0 saturated heterocycles. The molecular weight excluding hydrogens is 280 g/mol. The maximum Gasteiger partial charge on any atom is 0.292 e. The lowest BCUT2D eigenvalue weighted by Crippen LogP contribution is -2.03. The molecule has 2 N–H and O–H groups in total. The first-order chi connectivity index (χ1) is 9.49. The number of nitrogens with one attached hydrogen (secondary N) is 1. The van der Waals surface area contributed by atoms with Crippen molar-refractivity contribution in [2.45, 2.75) is 13.5 Å². The third-order valence-electron chi connectivity index (χ3n) is 2.89. The SMILES string of the molecule is Cc1ccc(NCc2cccc(Cl)c2O)c([N+](=O)[O-])c1. The molecule has 0 aromatic heterocycles. The molecule has 2 aromatic rings. The number of nitrogens with zero attached hydrogens (tertiary/aromatic N) is 1. The summed E-state index contributed by atoms with van der Waals surface area (Å²) in [7, 11) is 0. The van der Waals surface area contributed by atoms with E-state index in [0.29, 0.717) is 11.3 Å². The predicted molar refractivity (Wildman–Crippen MR) is 78.3 cm³/mol. The molecule has 0 atom stereocenters. The summed E-state index contributed by atoms with van der Waals surface area (Å²) >= 11 is 5.81. The molecule has 20 heavy (non-hydrogen) atoms. The van der Waals surface area contributed by atoms with Gasteiger partial charge in [-0.15, -0.1) is 0 Å². The van der Waals surface area contributed by atoms with Gasteiger partial charge in [0.15, 0.2) is 0 Å². The summed E-state index contributed by atoms with van der Waals surface area (Å²) in [6.07, 6.45) is 0. The monoisotopic (exact) mass is 292 g/mol. The lowest BCUT2D eigenvalue weighted by Gasteiger charge is -2.09. The van der Waals surface area contributed by atoms with E-state index in [1.807, 2.05) is 0 Å². The van der Waals surface area contributed by atoms with Gasteiger partial charge < -0.3 is 10.4 Å². The van der Waals surface area contributed by atoms with Crippen molar-refractivity contribution < 1.29 is 10.0 Å². The lowest BCUT2D eigenvalue weighted by molar-refractivity contribution is -0.384. The van der Waals surface area contributed by atoms with E-state index in [4.69, 9.17) is 11.6 Å². The Balaban J connectivity index is 2.23. The summed E-state index contributed by atoms with van der Waals surface area (Å²) in [5.74, 6) is -0.0172. The fourth-order valence-corrected chi connectivity index (χ4v) is 2.03. The predicted octanol–water partition coefficient (Wildman–Crippen LogP) is 3.87. The summed E-state index contributed by atoms with van der Waals surface area (Å²) in [6, 6.07) is 9.92. The average Bonchev–Trinajstić information content (AvgIpc) is 2.41. The van der Waals surface area contributed by atoms with Crippen molar-refractivity contribution in [3.05, 3.63) is 62.7 Å². The van der Waals surface area contributed by atoms with Crippen LogP contribution >= 0.6 is 11.6 Å². The second kappa shape index (κ2) is 5.79. The van der Waals surface area contributed by atoms with Crippen LogP contribution in [0, 0.1) is 17.0 Å². The molecule has 0 heterocycles. The minimum absolute atomic E-state index is 0.00604. The van der Waals surface area contributed by atoms with Gasteiger partial charge in [-0.1, -0.05) is 29.8 Å². The van der Waals surface area contributed by atoms with Crippen molar-refractivity contribution in [3.63, 3.8) is 0 Å². The lowest BCUT2D eigenvalue weighted by atomic mass is 10.1. The Labute approximate surface area is 121 Å². The molecule has 2 aromatic carbocycles. The highest BCUT2D eigenvalue weighted by atomic mass is 35.5. The van der Waals surface area contributed by atoms with Gasteiger partial charge in [0.05, 0.1) is 9.95 Å². The van der Waals surface area contributed by atoms with Gasteiger partial charge in [-0.2, -0.15) is 0 Å². The Morgan fingerprint density at radius 3 is 2.80 bits per heavy atom. The molecule has 6 heteroatoms. The van der Waals surface area contributed by atoms with E-state index in [9.17, 15) is 15.2 Å². The highest BCUT2D eigenvalue weighted by Gasteiger charge is 2.14. The minimum Gasteiger partial charge on any atom is -0.506 e. The maximum atomic E-state index is 11.0. The summed E-state index contributed by atoms with van der Waals surface area (Å²) in [5, 5.41) is 24.0. The van der Waals surface area contributed by atoms with Gasteiger partial charge in [0.25, 0.3) is 5.69 Å². The van der Waals surface area contributed by atoms with Gasteiger partial charge in [-0.3, -0.25) is 10.1 Å². The molecule has 0 fully saturated rings. The van der Waals surface area contributed by atoms with Crippen LogP contribution in [0.4, 0.5) is 11.4 Å². The van der Waals surface area contributed by atoms with Crippen LogP contribution in [0.25, 0.3) is 0 Å². The van der Waals surface area contributed by atoms with Crippen molar-refractivity contribution in [2.75, 3.05) is 5.32 Å². The van der Waals surface area contributed by atoms with Crippen LogP contribution in [0.3, 0.4) is 0 Å². The third-order valence-corrected chi connectivity index (χ3v) is 3.19. The Hall–Kier alpha value is -2.27. The van der Waals surface area contributed by atoms with Crippen molar-refractivity contribution in [3.8, 4) is 5.75 Å². The fourth-order valence-electron chi connectivity index (χ4n) is 1.84. The number of phenols is 1. The third kappa shape index (κ3) is 3.00. The van der Waals surface area contributed by atoms with Crippen LogP contribution in [0.2, 0.25) is 5.02 Å². The van der Waals surface area contributed by atoms with Gasteiger partial charge in [-0.05, 0) is 24.6 Å². The summed E-state index contributed by atoms with van der Waals surface area (Å²) in [4.78, 5) is 10.6. The maximum absolute atomic E-state index is 11.0. The van der Waals surface area contributed by atoms with Crippen LogP contribution in [-0.2, 0) is 6.54 Å². The summed E-state index contributed by atoms with van der Waals surface area (Å²) in [5.41, 5.74) is 1.80. The molecule has 0 aliphatic carbocycles. The van der Waals surface area contributed by atoms with E-state index in [1.165, 1.54) is 6.07 Å². The number of nitro groups is 1. The van der Waals surface area contributed by atoms with E-state index in [-0.39, 0.29) is 23.0 Å². The smallest absolute Gasteiger partial charge is 0.292 e. The number of nitro benzene ring substituents is 1. The Morgan fingerprint density at radius 1 is 1.35 bits per heavy atom. The zero-order chi connectivity index (χ0) is 14.7. The molecule has 0 radical (unpaired) electrons. The molecule has 5 nitrogen and oxygen atoms in total. The fraction of sp³-hybridized carbons (Fsp3) is 0.143. The van der Waals surface area contributed by atoms with E-state index in [2.05, 4.69) is 5.32 Å². The number of anilines is 1. The van der Waals surface area contributed by atoms with Gasteiger partial charge in [0.2, 0.25) is 0 Å². The molecule has 0 spiro atoms. The number of phenolic OH excluding ortho intramolecular Hbond substituents is 1. The quantitative estimate of drug-likeness (QED) is 0.662. The zero-order valence-electron chi connectivity index (χ0n) is 10.8. The zero-order valence-corrected chi connectivity index (χ0v) is 11.5. The molecule has 0 unspecified atom stereocenters. The Bertz CT molecular complexity index is 659. The highest BCUT2D eigenvalue weighted by molar-refractivity contribution is 6.32. The van der Waals surface area contributed by atoms with Crippen molar-refractivity contribution >= 4 is 23.0 Å². The van der Waals surface area contributed by atoms with Crippen LogP contribution in [0.1, 0.15) is 11.1 Å². The molecule has 0 bridgehead atoms. The van der Waals surface area contributed by atoms with Crippen LogP contribution in [0.15, 0.2) is 36.4 Å². The molecule has 0 saturated carbocycles.